The Morgan fingerprint density at radius 3 is 2.89 bits per heavy atom. The van der Waals surface area contributed by atoms with Gasteiger partial charge in [-0.15, -0.1) is 11.8 Å². The Morgan fingerprint density at radius 1 is 1.33 bits per heavy atom. The zero-order valence-corrected chi connectivity index (χ0v) is 15.2. The molecule has 2 N–H and O–H groups in total. The van der Waals surface area contributed by atoms with Crippen LogP contribution in [0.2, 0.25) is 0 Å². The molecule has 1 aliphatic heterocycles. The molecule has 1 amide bonds. The van der Waals surface area contributed by atoms with Crippen LogP contribution >= 0.6 is 11.8 Å². The van der Waals surface area contributed by atoms with Crippen molar-refractivity contribution in [2.24, 2.45) is 0 Å². The quantitative estimate of drug-likeness (QED) is 0.722. The molecular weight excluding hydrogens is 369 g/mol. The lowest BCUT2D eigenvalue weighted by atomic mass is 10.1. The highest BCUT2D eigenvalue weighted by atomic mass is 32.2. The summed E-state index contributed by atoms with van der Waals surface area (Å²) in [7, 11) is 1.48. The Kier molecular flexibility index (Phi) is 4.49. The average molecular weight is 385 g/mol. The first kappa shape index (κ1) is 17.4. The largest absolute Gasteiger partial charge is 0.504 e. The van der Waals surface area contributed by atoms with Crippen LogP contribution in [-0.2, 0) is 4.79 Å². The second-order valence-corrected chi connectivity index (χ2v) is 7.08. The van der Waals surface area contributed by atoms with E-state index in [-0.39, 0.29) is 28.3 Å². The van der Waals surface area contributed by atoms with Gasteiger partial charge in [-0.05, 0) is 29.8 Å². The molecule has 1 aliphatic rings. The van der Waals surface area contributed by atoms with E-state index in [1.165, 1.54) is 29.6 Å². The summed E-state index contributed by atoms with van der Waals surface area (Å²) in [5.41, 5.74) is 1.78. The van der Waals surface area contributed by atoms with Crippen LogP contribution in [0.4, 0.5) is 10.2 Å². The molecule has 3 aromatic rings. The van der Waals surface area contributed by atoms with E-state index < -0.39 is 5.82 Å². The number of thioether (sulfide) groups is 1. The van der Waals surface area contributed by atoms with Crippen molar-refractivity contribution in [3.8, 4) is 17.2 Å². The number of hydrogen-bond acceptors (Lipinski definition) is 5. The molecule has 0 bridgehead atoms. The van der Waals surface area contributed by atoms with E-state index in [9.17, 15) is 14.3 Å². The van der Waals surface area contributed by atoms with E-state index in [1.54, 1.807) is 36.5 Å². The number of ether oxygens (including phenoxy) is 1. The minimum Gasteiger partial charge on any atom is -0.504 e. The van der Waals surface area contributed by atoms with E-state index in [0.29, 0.717) is 11.6 Å². The van der Waals surface area contributed by atoms with Crippen molar-refractivity contribution in [1.82, 2.24) is 9.78 Å². The highest BCUT2D eigenvalue weighted by Crippen LogP contribution is 2.44. The number of rotatable bonds is 3. The monoisotopic (exact) mass is 385 g/mol. The van der Waals surface area contributed by atoms with Crippen LogP contribution in [0, 0.1) is 5.82 Å². The van der Waals surface area contributed by atoms with Crippen molar-refractivity contribution in [2.45, 2.75) is 5.25 Å². The molecule has 8 heteroatoms. The van der Waals surface area contributed by atoms with Gasteiger partial charge in [0.15, 0.2) is 11.5 Å². The van der Waals surface area contributed by atoms with Gasteiger partial charge in [0.25, 0.3) is 0 Å². The van der Waals surface area contributed by atoms with Crippen LogP contribution in [0.5, 0.6) is 11.5 Å². The number of phenols is 1. The molecule has 2 heterocycles. The molecule has 27 heavy (non-hydrogen) atoms. The first-order valence-electron chi connectivity index (χ1n) is 8.19. The summed E-state index contributed by atoms with van der Waals surface area (Å²) < 4.78 is 20.7. The zero-order chi connectivity index (χ0) is 19.0. The zero-order valence-electron chi connectivity index (χ0n) is 14.3. The molecule has 0 aliphatic carbocycles. The molecule has 0 radical (unpaired) electrons. The van der Waals surface area contributed by atoms with Crippen LogP contribution in [0.25, 0.3) is 5.69 Å². The number of hydrogen-bond donors (Lipinski definition) is 2. The molecule has 6 nitrogen and oxygen atoms in total. The van der Waals surface area contributed by atoms with Crippen molar-refractivity contribution in [3.05, 3.63) is 65.6 Å². The lowest BCUT2D eigenvalue weighted by Gasteiger charge is -2.15. The number of carbonyl (C=O) groups is 1. The minimum absolute atomic E-state index is 0.0159. The second kappa shape index (κ2) is 6.96. The van der Waals surface area contributed by atoms with Crippen molar-refractivity contribution in [1.29, 1.82) is 0 Å². The van der Waals surface area contributed by atoms with Gasteiger partial charge in [-0.1, -0.05) is 18.2 Å². The van der Waals surface area contributed by atoms with Crippen LogP contribution in [-0.4, -0.2) is 33.7 Å². The molecule has 1 aromatic heterocycles. The number of halogens is 1. The number of nitrogens with zero attached hydrogens (tertiary/aromatic N) is 2. The van der Waals surface area contributed by atoms with Gasteiger partial charge in [0, 0.05) is 5.56 Å². The molecule has 0 unspecified atom stereocenters. The summed E-state index contributed by atoms with van der Waals surface area (Å²) in [6.07, 6.45) is 1.62. The van der Waals surface area contributed by atoms with Crippen molar-refractivity contribution >= 4 is 23.5 Å². The average Bonchev–Trinajstić information content (AvgIpc) is 2.97. The fourth-order valence-electron chi connectivity index (χ4n) is 3.05. The molecule has 0 saturated heterocycles. The molecule has 4 rings (SSSR count). The Balaban J connectivity index is 1.83. The molecule has 0 fully saturated rings. The Morgan fingerprint density at radius 2 is 2.15 bits per heavy atom. The van der Waals surface area contributed by atoms with Crippen LogP contribution in [0.3, 0.4) is 0 Å². The molecule has 0 saturated carbocycles. The van der Waals surface area contributed by atoms with Crippen molar-refractivity contribution in [2.75, 3.05) is 18.2 Å². The maximum atomic E-state index is 14.3. The summed E-state index contributed by atoms with van der Waals surface area (Å²) in [5, 5.41) is 17.0. The predicted molar refractivity (Wildman–Crippen MR) is 101 cm³/mol. The van der Waals surface area contributed by atoms with Gasteiger partial charge in [0.2, 0.25) is 5.91 Å². The van der Waals surface area contributed by atoms with Gasteiger partial charge in [-0.2, -0.15) is 5.10 Å². The highest BCUT2D eigenvalue weighted by Gasteiger charge is 2.29. The van der Waals surface area contributed by atoms with E-state index in [1.807, 2.05) is 6.07 Å². The van der Waals surface area contributed by atoms with Crippen LogP contribution in [0.1, 0.15) is 16.4 Å². The molecular formula is C19H16FN3O3S. The number of amides is 1. The molecule has 2 aromatic carbocycles. The van der Waals surface area contributed by atoms with E-state index >= 15 is 0 Å². The first-order valence-corrected chi connectivity index (χ1v) is 9.24. The number of fused-ring (bicyclic) bond motifs is 1. The molecule has 0 spiro atoms. The number of aromatic hydroxyl groups is 1. The van der Waals surface area contributed by atoms with Crippen LogP contribution < -0.4 is 10.1 Å². The molecule has 1 atom stereocenters. The lowest BCUT2D eigenvalue weighted by molar-refractivity contribution is -0.113. The standard InChI is InChI=1S/C19H16FN3O3S/c1-26-16-7-6-11(8-15(16)24)18-12-9-21-23(14-5-3-2-4-13(14)20)19(12)22-17(25)10-27-18/h2-9,18,24H,10H2,1H3,(H,22,25)/t18-/m0/s1. The summed E-state index contributed by atoms with van der Waals surface area (Å²) >= 11 is 1.41. The minimum atomic E-state index is -0.437. The summed E-state index contributed by atoms with van der Waals surface area (Å²) in [6, 6.07) is 11.4. The number of methoxy groups -OCH3 is 1. The Bertz CT molecular complexity index is 1020. The summed E-state index contributed by atoms with van der Waals surface area (Å²) in [5.74, 6) is 0.405. The SMILES string of the molecule is COc1ccc([C@@H]2SCC(=O)Nc3c2cnn3-c2ccccc2F)cc1O. The van der Waals surface area contributed by atoms with Gasteiger partial charge in [-0.3, -0.25) is 4.79 Å². The van der Waals surface area contributed by atoms with E-state index in [0.717, 1.165) is 11.1 Å². The summed E-state index contributed by atoms with van der Waals surface area (Å²) in [6.45, 7) is 0. The van der Waals surface area contributed by atoms with Gasteiger partial charge in [0.05, 0.1) is 24.3 Å². The number of nitrogens with one attached hydrogen (secondary N) is 1. The molecule has 138 valence electrons. The summed E-state index contributed by atoms with van der Waals surface area (Å²) in [4.78, 5) is 12.2. The third kappa shape index (κ3) is 3.12. The fourth-order valence-corrected chi connectivity index (χ4v) is 4.13. The highest BCUT2D eigenvalue weighted by molar-refractivity contribution is 8.00. The Labute approximate surface area is 159 Å². The number of benzene rings is 2. The third-order valence-electron chi connectivity index (χ3n) is 4.31. The number of anilines is 1. The maximum Gasteiger partial charge on any atom is 0.235 e. The topological polar surface area (TPSA) is 76.4 Å². The lowest BCUT2D eigenvalue weighted by Crippen LogP contribution is -2.16. The number of phenolic OH excluding ortho intramolecular Hbond substituents is 1. The number of carbonyl (C=O) groups excluding carboxylic acids is 1. The number of aromatic nitrogens is 2. The fraction of sp³-hybridized carbons (Fsp3) is 0.158. The van der Waals surface area contributed by atoms with Crippen molar-refractivity contribution < 1.29 is 19.0 Å². The van der Waals surface area contributed by atoms with Gasteiger partial charge in [0.1, 0.15) is 17.3 Å². The normalized spacial score (nSPS) is 16.4. The Hall–Kier alpha value is -3.00. The maximum absolute atomic E-state index is 14.3. The van der Waals surface area contributed by atoms with Gasteiger partial charge >= 0.3 is 0 Å². The van der Waals surface area contributed by atoms with E-state index in [2.05, 4.69) is 10.4 Å². The number of para-hydroxylation sites is 1. The van der Waals surface area contributed by atoms with Crippen molar-refractivity contribution in [3.63, 3.8) is 0 Å². The predicted octanol–water partition coefficient (Wildman–Crippen LogP) is 3.50. The van der Waals surface area contributed by atoms with E-state index in [4.69, 9.17) is 4.74 Å². The smallest absolute Gasteiger partial charge is 0.235 e. The first-order chi connectivity index (χ1) is 13.1. The second-order valence-electron chi connectivity index (χ2n) is 5.98. The van der Waals surface area contributed by atoms with Gasteiger partial charge < -0.3 is 15.2 Å². The third-order valence-corrected chi connectivity index (χ3v) is 5.59. The van der Waals surface area contributed by atoms with Crippen LogP contribution in [0.15, 0.2) is 48.7 Å². The van der Waals surface area contributed by atoms with Gasteiger partial charge in [-0.25, -0.2) is 9.07 Å².